The fourth-order valence-corrected chi connectivity index (χ4v) is 2.37. The molecule has 0 aliphatic rings. The number of hydrogen-bond donors (Lipinski definition) is 2. The molecule has 0 atom stereocenters. The van der Waals surface area contributed by atoms with Crippen LogP contribution in [0.3, 0.4) is 0 Å². The summed E-state index contributed by atoms with van der Waals surface area (Å²) in [5.41, 5.74) is 0. The van der Waals surface area contributed by atoms with Gasteiger partial charge in [-0.05, 0) is 77.3 Å². The molecule has 0 saturated heterocycles. The van der Waals surface area contributed by atoms with Gasteiger partial charge in [0.05, 0.1) is 0 Å². The van der Waals surface area contributed by atoms with Crippen LogP contribution >= 0.6 is 0 Å². The van der Waals surface area contributed by atoms with Crippen LogP contribution in [-0.2, 0) is 0 Å². The van der Waals surface area contributed by atoms with Gasteiger partial charge in [0, 0.05) is 6.61 Å². The van der Waals surface area contributed by atoms with E-state index in [-0.39, 0.29) is 0 Å². The second kappa shape index (κ2) is 23.6. The molecule has 0 aliphatic carbocycles. The van der Waals surface area contributed by atoms with Crippen molar-refractivity contribution >= 4 is 0 Å². The Morgan fingerprint density at radius 1 is 0.577 bits per heavy atom. The lowest BCUT2D eigenvalue weighted by molar-refractivity contribution is 0.283. The Morgan fingerprint density at radius 2 is 1.04 bits per heavy atom. The lowest BCUT2D eigenvalue weighted by Crippen LogP contribution is -2.16. The lowest BCUT2D eigenvalue weighted by Gasteiger charge is -2.02. The van der Waals surface area contributed by atoms with E-state index in [2.05, 4.69) is 73.0 Å². The van der Waals surface area contributed by atoms with E-state index in [0.29, 0.717) is 6.61 Å². The summed E-state index contributed by atoms with van der Waals surface area (Å²) in [6, 6.07) is 0. The Morgan fingerprint density at radius 3 is 1.54 bits per heavy atom. The van der Waals surface area contributed by atoms with Gasteiger partial charge >= 0.3 is 0 Å². The highest BCUT2D eigenvalue weighted by molar-refractivity contribution is 5.00. The molecule has 0 aromatic rings. The van der Waals surface area contributed by atoms with Gasteiger partial charge < -0.3 is 10.4 Å². The summed E-state index contributed by atoms with van der Waals surface area (Å²) in [4.78, 5) is 0. The van der Waals surface area contributed by atoms with E-state index < -0.39 is 0 Å². The highest BCUT2D eigenvalue weighted by Gasteiger charge is 1.88. The molecule has 0 rings (SSSR count). The number of nitrogens with one attached hydrogen (secondary N) is 1. The van der Waals surface area contributed by atoms with Gasteiger partial charge in [-0.3, -0.25) is 0 Å². The van der Waals surface area contributed by atoms with Crippen molar-refractivity contribution in [1.82, 2.24) is 5.32 Å². The Hall–Kier alpha value is -1.38. The molecule has 0 aliphatic heterocycles. The first-order valence-corrected chi connectivity index (χ1v) is 10.5. The monoisotopic (exact) mass is 359 g/mol. The van der Waals surface area contributed by atoms with Gasteiger partial charge in [0.2, 0.25) is 0 Å². The summed E-state index contributed by atoms with van der Waals surface area (Å²) in [6.07, 6.45) is 33.3. The molecule has 0 amide bonds. The number of allylic oxidation sites excluding steroid dienone is 10. The maximum Gasteiger partial charge on any atom is 0.0431 e. The molecule has 0 aromatic carbocycles. The first kappa shape index (κ1) is 24.6. The average molecular weight is 360 g/mol. The van der Waals surface area contributed by atoms with Gasteiger partial charge in [-0.25, -0.2) is 0 Å². The summed E-state index contributed by atoms with van der Waals surface area (Å²) in [5.74, 6) is 0. The fourth-order valence-electron chi connectivity index (χ4n) is 2.37. The van der Waals surface area contributed by atoms with Crippen LogP contribution in [0.5, 0.6) is 0 Å². The minimum Gasteiger partial charge on any atom is -0.396 e. The molecule has 0 bridgehead atoms. The van der Waals surface area contributed by atoms with Crippen molar-refractivity contribution in [3.63, 3.8) is 0 Å². The van der Waals surface area contributed by atoms with E-state index in [1.165, 1.54) is 19.3 Å². The van der Waals surface area contributed by atoms with Crippen LogP contribution in [0.15, 0.2) is 60.8 Å². The zero-order chi connectivity index (χ0) is 19.0. The van der Waals surface area contributed by atoms with E-state index in [4.69, 9.17) is 5.11 Å². The van der Waals surface area contributed by atoms with Crippen LogP contribution < -0.4 is 5.32 Å². The van der Waals surface area contributed by atoms with Crippen molar-refractivity contribution < 1.29 is 5.11 Å². The number of aliphatic hydroxyl groups excluding tert-OH is 1. The predicted molar refractivity (Wildman–Crippen MR) is 117 cm³/mol. The third-order valence-electron chi connectivity index (χ3n) is 3.89. The van der Waals surface area contributed by atoms with Crippen molar-refractivity contribution in [3.8, 4) is 0 Å². The van der Waals surface area contributed by atoms with E-state index >= 15 is 0 Å². The van der Waals surface area contributed by atoms with Crippen molar-refractivity contribution in [2.75, 3.05) is 19.7 Å². The third kappa shape index (κ3) is 22.6. The van der Waals surface area contributed by atoms with Crippen molar-refractivity contribution in [2.45, 2.75) is 71.1 Å². The minimum atomic E-state index is 0.311. The predicted octanol–water partition coefficient (Wildman–Crippen LogP) is 6.27. The Bertz CT molecular complexity index is 404. The first-order valence-electron chi connectivity index (χ1n) is 10.5. The van der Waals surface area contributed by atoms with Crippen LogP contribution in [0.4, 0.5) is 0 Å². The maximum absolute atomic E-state index is 8.68. The van der Waals surface area contributed by atoms with E-state index in [1.54, 1.807) is 0 Å². The van der Waals surface area contributed by atoms with Crippen molar-refractivity contribution in [1.29, 1.82) is 0 Å². The quantitative estimate of drug-likeness (QED) is 0.223. The minimum absolute atomic E-state index is 0.311. The smallest absolute Gasteiger partial charge is 0.0431 e. The van der Waals surface area contributed by atoms with Crippen LogP contribution in [0.25, 0.3) is 0 Å². The topological polar surface area (TPSA) is 32.3 Å². The molecule has 26 heavy (non-hydrogen) atoms. The Kier molecular flexibility index (Phi) is 22.4. The highest BCUT2D eigenvalue weighted by Crippen LogP contribution is 1.99. The highest BCUT2D eigenvalue weighted by atomic mass is 16.2. The summed E-state index contributed by atoms with van der Waals surface area (Å²) in [5, 5.41) is 12.1. The number of rotatable bonds is 18. The summed E-state index contributed by atoms with van der Waals surface area (Å²) in [7, 11) is 0. The second-order valence-electron chi connectivity index (χ2n) is 6.38. The third-order valence-corrected chi connectivity index (χ3v) is 3.89. The zero-order valence-corrected chi connectivity index (χ0v) is 16.9. The molecular weight excluding hydrogens is 318 g/mol. The van der Waals surface area contributed by atoms with Gasteiger partial charge in [0.15, 0.2) is 0 Å². The molecule has 0 aromatic heterocycles. The van der Waals surface area contributed by atoms with Gasteiger partial charge in [-0.1, -0.05) is 67.7 Å². The second-order valence-corrected chi connectivity index (χ2v) is 6.38. The maximum atomic E-state index is 8.68. The van der Waals surface area contributed by atoms with Crippen LogP contribution in [-0.4, -0.2) is 24.8 Å². The van der Waals surface area contributed by atoms with Gasteiger partial charge in [-0.2, -0.15) is 0 Å². The molecule has 0 spiro atoms. The zero-order valence-electron chi connectivity index (χ0n) is 16.9. The van der Waals surface area contributed by atoms with Crippen molar-refractivity contribution in [2.24, 2.45) is 0 Å². The molecule has 0 saturated carbocycles. The standard InChI is InChI=1S/C24H41NO/c1-2-3-4-5-6-7-8-9-10-11-12-13-14-15-16-17-18-19-22-25-23-20-21-24-26/h3-4,6-7,9-10,12-13,15-16,25-26H,2,5,8,11,14,17-24H2,1H3/b4-3-,7-6-,10-9-,13-12-,16-15-. The SMILES string of the molecule is CC/C=C\C/C=C\C/C=C\C/C=C\C/C=C\CCCCNCCCCO. The average Bonchev–Trinajstić information content (AvgIpc) is 2.66. The Balaban J connectivity index is 3.35. The molecule has 2 nitrogen and oxygen atoms in total. The molecule has 2 N–H and O–H groups in total. The van der Waals surface area contributed by atoms with Gasteiger partial charge in [0.1, 0.15) is 0 Å². The van der Waals surface area contributed by atoms with E-state index in [1.807, 2.05) is 0 Å². The summed E-state index contributed by atoms with van der Waals surface area (Å²) in [6.45, 7) is 4.60. The van der Waals surface area contributed by atoms with E-state index in [0.717, 1.165) is 58.0 Å². The fraction of sp³-hybridized carbons (Fsp3) is 0.583. The largest absolute Gasteiger partial charge is 0.396 e. The van der Waals surface area contributed by atoms with Crippen LogP contribution in [0, 0.1) is 0 Å². The first-order chi connectivity index (χ1) is 12.9. The van der Waals surface area contributed by atoms with Crippen LogP contribution in [0.2, 0.25) is 0 Å². The molecule has 0 radical (unpaired) electrons. The van der Waals surface area contributed by atoms with Crippen molar-refractivity contribution in [3.05, 3.63) is 60.8 Å². The lowest BCUT2D eigenvalue weighted by atomic mass is 10.2. The molecular formula is C24H41NO. The molecule has 0 unspecified atom stereocenters. The molecule has 0 fully saturated rings. The number of aliphatic hydroxyl groups is 1. The summed E-state index contributed by atoms with van der Waals surface area (Å²) >= 11 is 0. The van der Waals surface area contributed by atoms with Gasteiger partial charge in [0.25, 0.3) is 0 Å². The molecule has 148 valence electrons. The van der Waals surface area contributed by atoms with Gasteiger partial charge in [-0.15, -0.1) is 0 Å². The van der Waals surface area contributed by atoms with E-state index in [9.17, 15) is 0 Å². The number of unbranched alkanes of at least 4 members (excludes halogenated alkanes) is 3. The summed E-state index contributed by atoms with van der Waals surface area (Å²) < 4.78 is 0. The molecule has 2 heteroatoms. The normalized spacial score (nSPS) is 12.8. The molecule has 0 heterocycles. The van der Waals surface area contributed by atoms with Crippen LogP contribution in [0.1, 0.15) is 71.1 Å². The Labute approximate surface area is 162 Å². The number of hydrogen-bond acceptors (Lipinski definition) is 2.